The molecule has 0 bridgehead atoms. The van der Waals surface area contributed by atoms with Crippen LogP contribution >= 0.6 is 12.2 Å². The third-order valence-electron chi connectivity index (χ3n) is 6.49. The first kappa shape index (κ1) is 30.1. The number of thiocarbonyl (C=S) groups is 1. The number of carboxylic acids is 1. The average molecular weight is 499 g/mol. The summed E-state index contributed by atoms with van der Waals surface area (Å²) in [5.74, 6) is -2.77. The van der Waals surface area contributed by atoms with Gasteiger partial charge in [-0.2, -0.15) is 0 Å². The molecule has 1 unspecified atom stereocenters. The van der Waals surface area contributed by atoms with E-state index in [1.54, 1.807) is 6.92 Å². The van der Waals surface area contributed by atoms with Gasteiger partial charge >= 0.3 is 5.97 Å². The van der Waals surface area contributed by atoms with Gasteiger partial charge in [0.1, 0.15) is 0 Å². The molecular weight excluding hydrogens is 456 g/mol. The summed E-state index contributed by atoms with van der Waals surface area (Å²) in [5, 5.41) is 14.6. The van der Waals surface area contributed by atoms with E-state index in [1.807, 2.05) is 6.92 Å². The first-order chi connectivity index (χ1) is 16.1. The first-order valence-corrected chi connectivity index (χ1v) is 12.8. The van der Waals surface area contributed by atoms with Gasteiger partial charge in [-0.3, -0.25) is 19.2 Å². The lowest BCUT2D eigenvalue weighted by Gasteiger charge is -2.31. The number of rotatable bonds is 17. The molecule has 0 spiro atoms. The van der Waals surface area contributed by atoms with Crippen LogP contribution in [0.1, 0.15) is 84.5 Å². The molecule has 10 heteroatoms. The van der Waals surface area contributed by atoms with Gasteiger partial charge in [0.2, 0.25) is 5.91 Å². The molecule has 0 aliphatic heterocycles. The van der Waals surface area contributed by atoms with Gasteiger partial charge in [0, 0.05) is 25.3 Å². The second-order valence-corrected chi connectivity index (χ2v) is 9.88. The zero-order chi connectivity index (χ0) is 25.7. The molecule has 7 N–H and O–H groups in total. The summed E-state index contributed by atoms with van der Waals surface area (Å²) in [4.78, 5) is 50.7. The van der Waals surface area contributed by atoms with Gasteiger partial charge < -0.3 is 27.2 Å². The number of ketones is 2. The lowest BCUT2D eigenvalue weighted by molar-refractivity contribution is -0.141. The predicted octanol–water partition coefficient (Wildman–Crippen LogP) is 1.84. The third-order valence-corrected chi connectivity index (χ3v) is 6.84. The maximum absolute atomic E-state index is 13.3. The lowest BCUT2D eigenvalue weighted by atomic mass is 9.80. The summed E-state index contributed by atoms with van der Waals surface area (Å²) < 4.78 is 0. The molecule has 0 heterocycles. The lowest BCUT2D eigenvalue weighted by Crippen LogP contribution is -2.63. The molecule has 3 atom stereocenters. The molecule has 34 heavy (non-hydrogen) atoms. The zero-order valence-electron chi connectivity index (χ0n) is 20.6. The van der Waals surface area contributed by atoms with Crippen LogP contribution < -0.4 is 22.1 Å². The van der Waals surface area contributed by atoms with Crippen LogP contribution in [-0.4, -0.2) is 58.2 Å². The van der Waals surface area contributed by atoms with Crippen LogP contribution in [0.5, 0.6) is 0 Å². The van der Waals surface area contributed by atoms with E-state index in [-0.39, 0.29) is 43.3 Å². The van der Waals surface area contributed by atoms with E-state index in [0.29, 0.717) is 37.2 Å². The summed E-state index contributed by atoms with van der Waals surface area (Å²) in [6.07, 6.45) is 6.24. The molecule has 9 nitrogen and oxygen atoms in total. The van der Waals surface area contributed by atoms with E-state index < -0.39 is 29.4 Å². The Morgan fingerprint density at radius 3 is 2.35 bits per heavy atom. The molecule has 1 fully saturated rings. The average Bonchev–Trinajstić information content (AvgIpc) is 3.34. The van der Waals surface area contributed by atoms with E-state index in [9.17, 15) is 19.2 Å². The molecule has 1 amide bonds. The molecule has 1 aliphatic carbocycles. The van der Waals surface area contributed by atoms with Gasteiger partial charge in [-0.05, 0) is 45.1 Å². The van der Waals surface area contributed by atoms with Crippen molar-refractivity contribution in [2.75, 3.05) is 13.1 Å². The topological polar surface area (TPSA) is 165 Å². The number of carbonyl (C=O) groups excluding carboxylic acids is 3. The van der Waals surface area contributed by atoms with E-state index >= 15 is 0 Å². The Kier molecular flexibility index (Phi) is 13.4. The normalized spacial score (nSPS) is 17.4. The Labute approximate surface area is 208 Å². The Morgan fingerprint density at radius 1 is 1.15 bits per heavy atom. The van der Waals surface area contributed by atoms with E-state index in [0.717, 1.165) is 25.7 Å². The van der Waals surface area contributed by atoms with Crippen molar-refractivity contribution in [1.29, 1.82) is 0 Å². The molecule has 0 aromatic heterocycles. The smallest absolute Gasteiger partial charge is 0.308 e. The number of carbonyl (C=O) groups is 4. The number of Topliss-reactive ketones (excluding diaryl/α,β-unsaturated/α-hetero) is 2. The van der Waals surface area contributed by atoms with Crippen LogP contribution in [0.4, 0.5) is 0 Å². The van der Waals surface area contributed by atoms with Crippen molar-refractivity contribution in [1.82, 2.24) is 10.6 Å². The molecule has 0 aromatic rings. The van der Waals surface area contributed by atoms with Gasteiger partial charge in [-0.1, -0.05) is 45.3 Å². The minimum Gasteiger partial charge on any atom is -0.481 e. The van der Waals surface area contributed by atoms with Gasteiger partial charge in [0.05, 0.1) is 16.9 Å². The van der Waals surface area contributed by atoms with Crippen molar-refractivity contribution >= 4 is 40.6 Å². The Morgan fingerprint density at radius 2 is 1.79 bits per heavy atom. The number of nitrogens with two attached hydrogens (primary N) is 2. The maximum atomic E-state index is 13.3. The predicted molar refractivity (Wildman–Crippen MR) is 135 cm³/mol. The standard InChI is InChI=1S/C24H42N4O5S/c1-3-8-18(19(29)11-12-20(34)27-15-16(2)22(31)32)28-23(33)24(26,13-6-7-14-25)21(30)17-9-4-5-10-17/h16-18H,3-15,25-26H2,1-2H3,(H,27,34)(H,28,33)(H,31,32)/t16?,18-,24+/m0/s1. The van der Waals surface area contributed by atoms with Crippen molar-refractivity contribution in [2.45, 2.75) is 96.1 Å². The highest BCUT2D eigenvalue weighted by molar-refractivity contribution is 7.80. The zero-order valence-corrected chi connectivity index (χ0v) is 21.4. The molecule has 1 aliphatic rings. The van der Waals surface area contributed by atoms with E-state index in [2.05, 4.69) is 10.6 Å². The van der Waals surface area contributed by atoms with Gasteiger partial charge in [0.25, 0.3) is 0 Å². The highest BCUT2D eigenvalue weighted by Gasteiger charge is 2.45. The third kappa shape index (κ3) is 9.38. The Balaban J connectivity index is 2.80. The fraction of sp³-hybridized carbons (Fsp3) is 0.792. The van der Waals surface area contributed by atoms with Crippen LogP contribution in [0.15, 0.2) is 0 Å². The minimum absolute atomic E-state index is 0.0968. The highest BCUT2D eigenvalue weighted by Crippen LogP contribution is 2.30. The Hall–Kier alpha value is -1.91. The Bertz CT molecular complexity index is 726. The largest absolute Gasteiger partial charge is 0.481 e. The minimum atomic E-state index is -1.67. The molecular formula is C24H42N4O5S. The first-order valence-electron chi connectivity index (χ1n) is 12.4. The number of nitrogens with one attached hydrogen (secondary N) is 2. The van der Waals surface area contributed by atoms with Crippen molar-refractivity contribution in [3.8, 4) is 0 Å². The molecule has 1 saturated carbocycles. The number of aliphatic carboxylic acids is 1. The van der Waals surface area contributed by atoms with Gasteiger partial charge in [-0.15, -0.1) is 0 Å². The SMILES string of the molecule is CCC[C@H](NC(=O)[C@@](N)(CCCCN)C(=O)C1CCCC1)C(=O)CCC(=S)NCC(C)C(=O)O. The molecule has 1 rings (SSSR count). The number of hydrogen-bond donors (Lipinski definition) is 5. The fourth-order valence-electron chi connectivity index (χ4n) is 4.19. The quantitative estimate of drug-likeness (QED) is 0.114. The molecule has 0 saturated heterocycles. The maximum Gasteiger partial charge on any atom is 0.308 e. The van der Waals surface area contributed by atoms with E-state index in [4.69, 9.17) is 28.8 Å². The number of unbranched alkanes of at least 4 members (excludes halogenated alkanes) is 1. The van der Waals surface area contributed by atoms with Gasteiger partial charge in [0.15, 0.2) is 17.1 Å². The van der Waals surface area contributed by atoms with Crippen molar-refractivity contribution in [3.05, 3.63) is 0 Å². The summed E-state index contributed by atoms with van der Waals surface area (Å²) in [7, 11) is 0. The van der Waals surface area contributed by atoms with Crippen LogP contribution in [0.25, 0.3) is 0 Å². The van der Waals surface area contributed by atoms with Crippen LogP contribution in [0, 0.1) is 11.8 Å². The fourth-order valence-corrected chi connectivity index (χ4v) is 4.38. The summed E-state index contributed by atoms with van der Waals surface area (Å²) >= 11 is 5.21. The number of hydrogen-bond acceptors (Lipinski definition) is 7. The van der Waals surface area contributed by atoms with Crippen LogP contribution in [-0.2, 0) is 19.2 Å². The van der Waals surface area contributed by atoms with Crippen molar-refractivity contribution in [2.24, 2.45) is 23.3 Å². The second-order valence-electron chi connectivity index (χ2n) is 9.39. The van der Waals surface area contributed by atoms with Gasteiger partial charge in [-0.25, -0.2) is 0 Å². The molecule has 0 aromatic carbocycles. The highest BCUT2D eigenvalue weighted by atomic mass is 32.1. The summed E-state index contributed by atoms with van der Waals surface area (Å²) in [5.41, 5.74) is 10.4. The monoisotopic (exact) mass is 498 g/mol. The van der Waals surface area contributed by atoms with E-state index in [1.165, 1.54) is 0 Å². The summed E-state index contributed by atoms with van der Waals surface area (Å²) in [6, 6.07) is -0.757. The molecule has 194 valence electrons. The number of carboxylic acid groups (broad SMARTS) is 1. The molecule has 0 radical (unpaired) electrons. The number of amides is 1. The van der Waals surface area contributed by atoms with Crippen molar-refractivity contribution in [3.63, 3.8) is 0 Å². The van der Waals surface area contributed by atoms with Crippen LogP contribution in [0.3, 0.4) is 0 Å². The van der Waals surface area contributed by atoms with Crippen LogP contribution in [0.2, 0.25) is 0 Å². The second kappa shape index (κ2) is 15.2. The van der Waals surface area contributed by atoms with Crippen molar-refractivity contribution < 1.29 is 24.3 Å². The summed E-state index contributed by atoms with van der Waals surface area (Å²) in [6.45, 7) is 4.10.